The largest absolute Gasteiger partial charge is 0.312 e. The van der Waals surface area contributed by atoms with E-state index in [1.54, 1.807) is 0 Å². The Balaban J connectivity index is 2.48. The fourth-order valence-corrected chi connectivity index (χ4v) is 5.08. The topological polar surface area (TPSA) is 263 Å². The van der Waals surface area contributed by atoms with E-state index in [0.29, 0.717) is 0 Å². The van der Waals surface area contributed by atoms with Crippen LogP contribution in [0.25, 0.3) is 0 Å². The van der Waals surface area contributed by atoms with Gasteiger partial charge in [-0.05, 0) is 25.7 Å². The molecule has 0 spiro atoms. The Bertz CT molecular complexity index is 727. The molecule has 2 atom stereocenters. The summed E-state index contributed by atoms with van der Waals surface area (Å²) in [7, 11) is 0. The Labute approximate surface area is 186 Å². The van der Waals surface area contributed by atoms with E-state index in [2.05, 4.69) is 10.6 Å². The molecule has 0 amide bonds. The van der Waals surface area contributed by atoms with E-state index in [9.17, 15) is 0 Å². The normalized spacial score (nSPS) is 42.9. The number of hydrogen-bond acceptors (Lipinski definition) is 12. The molecule has 0 bridgehead atoms. The molecule has 32 heavy (non-hydrogen) atoms. The van der Waals surface area contributed by atoms with Crippen LogP contribution in [0.5, 0.6) is 0 Å². The second-order valence-electron chi connectivity index (χ2n) is 8.68. The Kier molecular flexibility index (Phi) is 6.44. The predicted molar refractivity (Wildman–Crippen MR) is 128 cm³/mol. The van der Waals surface area contributed by atoms with Crippen molar-refractivity contribution in [2.75, 3.05) is 0 Å². The summed E-state index contributed by atoms with van der Waals surface area (Å²) in [4.78, 5) is 0. The van der Waals surface area contributed by atoms with Crippen molar-refractivity contribution in [1.29, 1.82) is 54.1 Å². The molecule has 2 heterocycles. The highest BCUT2D eigenvalue weighted by Gasteiger charge is 2.63. The first-order valence-corrected chi connectivity index (χ1v) is 9.89. The monoisotopic (exact) mass is 438 g/mol. The van der Waals surface area contributed by atoms with Crippen LogP contribution in [-0.4, -0.2) is 84.3 Å². The van der Waals surface area contributed by atoms with Gasteiger partial charge in [-0.2, -0.15) is 0 Å². The summed E-state index contributed by atoms with van der Waals surface area (Å²) in [5, 5.41) is 85.4. The van der Waals surface area contributed by atoms with Gasteiger partial charge in [-0.1, -0.05) is 0 Å². The van der Waals surface area contributed by atoms with E-state index >= 15 is 0 Å². The van der Waals surface area contributed by atoms with Gasteiger partial charge in [-0.15, -0.1) is 0 Å². The molecule has 2 rings (SSSR count). The van der Waals surface area contributed by atoms with Gasteiger partial charge < -0.3 is 54.1 Å². The molecule has 12 N–H and O–H groups in total. The predicted octanol–water partition coefficient (Wildman–Crippen LogP) is 1.18. The van der Waals surface area contributed by atoms with Crippen LogP contribution in [-0.2, 0) is 0 Å². The minimum atomic E-state index is -1.45. The van der Waals surface area contributed by atoms with Crippen LogP contribution >= 0.6 is 0 Å². The van der Waals surface area contributed by atoms with Crippen molar-refractivity contribution in [3.8, 4) is 0 Å². The van der Waals surface area contributed by atoms with Crippen LogP contribution in [0.3, 0.4) is 0 Å². The zero-order valence-corrected chi connectivity index (χ0v) is 17.6. The maximum atomic E-state index is 8.09. The molecular weight excluding hydrogens is 408 g/mol. The Hall–Kier alpha value is -3.38. The smallest absolute Gasteiger partial charge is 0.105 e. The molecule has 170 valence electrons. The van der Waals surface area contributed by atoms with Gasteiger partial charge in [0.2, 0.25) is 0 Å². The summed E-state index contributed by atoms with van der Waals surface area (Å²) in [6, 6.07) is 0. The highest BCUT2D eigenvalue weighted by molar-refractivity contribution is 6.09. The lowest BCUT2D eigenvalue weighted by molar-refractivity contribution is 0.365. The summed E-state index contributed by atoms with van der Waals surface area (Å²) in [5.74, 6) is 0. The van der Waals surface area contributed by atoms with Gasteiger partial charge in [0, 0.05) is 62.1 Å². The zero-order chi connectivity index (χ0) is 24.3. The van der Waals surface area contributed by atoms with Crippen LogP contribution in [0, 0.1) is 64.9 Å². The minimum Gasteiger partial charge on any atom is -0.312 e. The first kappa shape index (κ1) is 24.9. The van der Waals surface area contributed by atoms with Crippen LogP contribution in [0.2, 0.25) is 0 Å². The third kappa shape index (κ3) is 3.06. The van der Waals surface area contributed by atoms with Crippen LogP contribution in [0.4, 0.5) is 0 Å². The molecule has 2 unspecified atom stereocenters. The van der Waals surface area contributed by atoms with Crippen molar-refractivity contribution in [2.45, 2.75) is 47.8 Å². The van der Waals surface area contributed by atoms with Crippen LogP contribution in [0.15, 0.2) is 0 Å². The van der Waals surface area contributed by atoms with Crippen molar-refractivity contribution >= 4 is 62.1 Å². The average molecular weight is 439 g/mol. The fraction of sp³-hybridized carbons (Fsp3) is 0.500. The van der Waals surface area contributed by atoms with E-state index in [-0.39, 0.29) is 25.7 Å². The van der Waals surface area contributed by atoms with E-state index in [4.69, 9.17) is 54.1 Å². The van der Waals surface area contributed by atoms with Gasteiger partial charge in [-0.3, -0.25) is 10.6 Å². The molecule has 0 aliphatic carbocycles. The fourth-order valence-electron chi connectivity index (χ4n) is 5.08. The summed E-state index contributed by atoms with van der Waals surface area (Å²) < 4.78 is 0. The zero-order valence-electron chi connectivity index (χ0n) is 17.6. The summed E-state index contributed by atoms with van der Waals surface area (Å²) in [6.07, 6.45) is 10.8. The first-order chi connectivity index (χ1) is 15.1. The standard InChI is InChI=1S/C20H30N12/c21-5-15(6-22)3-17(9-25,31-19(15,11-27)12-28)1-2-18(10-26)4-16(7-23,8-24)20(13-29,14-30)32-18/h5-14,21-32H,1-4H2. The van der Waals surface area contributed by atoms with Gasteiger partial charge in [0.15, 0.2) is 0 Å². The van der Waals surface area contributed by atoms with Crippen molar-refractivity contribution in [3.05, 3.63) is 0 Å². The van der Waals surface area contributed by atoms with E-state index < -0.39 is 33.0 Å². The Morgan fingerprint density at radius 2 is 0.719 bits per heavy atom. The highest BCUT2D eigenvalue weighted by Crippen LogP contribution is 2.47. The molecule has 0 aromatic carbocycles. The van der Waals surface area contributed by atoms with Crippen molar-refractivity contribution in [2.24, 2.45) is 10.8 Å². The lowest BCUT2D eigenvalue weighted by atomic mass is 9.69. The van der Waals surface area contributed by atoms with E-state index in [1.165, 1.54) is 0 Å². The first-order valence-electron chi connectivity index (χ1n) is 9.89. The average Bonchev–Trinajstić information content (AvgIpc) is 3.32. The van der Waals surface area contributed by atoms with E-state index in [0.717, 1.165) is 62.1 Å². The summed E-state index contributed by atoms with van der Waals surface area (Å²) in [6.45, 7) is 0. The Morgan fingerprint density at radius 1 is 0.438 bits per heavy atom. The lowest BCUT2D eigenvalue weighted by Crippen LogP contribution is -2.60. The van der Waals surface area contributed by atoms with Crippen molar-refractivity contribution in [1.82, 2.24) is 10.6 Å². The molecule has 0 radical (unpaired) electrons. The molecule has 0 aromatic rings. The number of rotatable bonds is 13. The summed E-state index contributed by atoms with van der Waals surface area (Å²) in [5.41, 5.74) is -7.71. The van der Waals surface area contributed by atoms with Crippen molar-refractivity contribution in [3.63, 3.8) is 0 Å². The maximum Gasteiger partial charge on any atom is 0.105 e. The second kappa shape index (κ2) is 8.28. The van der Waals surface area contributed by atoms with Gasteiger partial charge in [0.05, 0.1) is 21.9 Å². The van der Waals surface area contributed by atoms with Crippen LogP contribution in [0.1, 0.15) is 25.7 Å². The third-order valence-corrected chi connectivity index (χ3v) is 7.18. The van der Waals surface area contributed by atoms with Gasteiger partial charge in [0.1, 0.15) is 11.1 Å². The highest BCUT2D eigenvalue weighted by atomic mass is 15.2. The quantitative estimate of drug-likeness (QED) is 0.189. The van der Waals surface area contributed by atoms with Gasteiger partial charge >= 0.3 is 0 Å². The van der Waals surface area contributed by atoms with Gasteiger partial charge in [-0.25, -0.2) is 0 Å². The maximum absolute atomic E-state index is 8.09. The molecule has 12 nitrogen and oxygen atoms in total. The number of hydrogen-bond donors (Lipinski definition) is 12. The number of nitrogens with one attached hydrogen (secondary N) is 12. The molecule has 12 heteroatoms. The molecule has 2 fully saturated rings. The SMILES string of the molecule is N=CC1(CCC2(C=N)CC(C=N)(C=N)C(C=N)(C=N)N2)CC(C=N)(C=N)C(C=N)(C=N)N1. The van der Waals surface area contributed by atoms with Gasteiger partial charge in [0.25, 0.3) is 0 Å². The second-order valence-corrected chi connectivity index (χ2v) is 8.68. The van der Waals surface area contributed by atoms with Crippen molar-refractivity contribution < 1.29 is 0 Å². The molecule has 0 aromatic heterocycles. The lowest BCUT2D eigenvalue weighted by Gasteiger charge is -2.35. The molecule has 0 saturated carbocycles. The van der Waals surface area contributed by atoms with Crippen LogP contribution < -0.4 is 10.6 Å². The molecular formula is C20H30N12. The summed E-state index contributed by atoms with van der Waals surface area (Å²) >= 11 is 0. The van der Waals surface area contributed by atoms with E-state index in [1.807, 2.05) is 0 Å². The molecule has 2 aliphatic rings. The molecule has 2 saturated heterocycles. The minimum absolute atomic E-state index is 0.0793. The molecule has 2 aliphatic heterocycles. The Morgan fingerprint density at radius 3 is 0.875 bits per heavy atom. The third-order valence-electron chi connectivity index (χ3n) is 7.18.